The highest BCUT2D eigenvalue weighted by Gasteiger charge is 2.01. The number of hydrogen-bond acceptors (Lipinski definition) is 4. The van der Waals surface area contributed by atoms with Gasteiger partial charge in [0.15, 0.2) is 5.96 Å². The third-order valence-corrected chi connectivity index (χ3v) is 3.30. The molecule has 0 amide bonds. The Morgan fingerprint density at radius 1 is 1.29 bits per heavy atom. The zero-order chi connectivity index (χ0) is 16.3. The van der Waals surface area contributed by atoms with Crippen LogP contribution in [0.15, 0.2) is 41.9 Å². The minimum Gasteiger partial charge on any atom is -0.385 e. The van der Waals surface area contributed by atoms with E-state index < -0.39 is 0 Å². The van der Waals surface area contributed by atoms with Gasteiger partial charge < -0.3 is 15.4 Å². The Morgan fingerprint density at radius 3 is 2.83 bits per heavy atom. The van der Waals surface area contributed by atoms with Gasteiger partial charge in [0.05, 0.1) is 6.54 Å². The highest BCUT2D eigenvalue weighted by molar-refractivity contribution is 14.0. The van der Waals surface area contributed by atoms with Crippen LogP contribution in [0.1, 0.15) is 17.5 Å². The van der Waals surface area contributed by atoms with Crippen molar-refractivity contribution in [2.24, 2.45) is 4.99 Å². The first kappa shape index (κ1) is 20.4. The standard InChI is InChI=1S/C16H24N6O.HI/c1-17-16(19-7-4-8-23-2)20-10-14-5-3-6-15(9-14)11-22-13-18-12-21-22;/h3,5-6,9,12-13H,4,7-8,10-11H2,1-2H3,(H2,17,19,20);1H. The van der Waals surface area contributed by atoms with Crippen LogP contribution in [0.5, 0.6) is 0 Å². The van der Waals surface area contributed by atoms with Crippen molar-refractivity contribution in [1.29, 1.82) is 0 Å². The number of methoxy groups -OCH3 is 1. The number of halogens is 1. The molecule has 2 rings (SSSR count). The molecule has 0 aliphatic rings. The zero-order valence-electron chi connectivity index (χ0n) is 14.1. The minimum absolute atomic E-state index is 0. The van der Waals surface area contributed by atoms with E-state index >= 15 is 0 Å². The van der Waals surface area contributed by atoms with Crippen LogP contribution in [0.4, 0.5) is 0 Å². The number of ether oxygens (including phenoxy) is 1. The van der Waals surface area contributed by atoms with E-state index in [1.54, 1.807) is 26.8 Å². The average Bonchev–Trinajstić information content (AvgIpc) is 3.07. The Hall–Kier alpha value is -1.68. The molecule has 0 bridgehead atoms. The number of nitrogens with one attached hydrogen (secondary N) is 2. The maximum Gasteiger partial charge on any atom is 0.191 e. The molecule has 132 valence electrons. The van der Waals surface area contributed by atoms with Gasteiger partial charge in [-0.2, -0.15) is 5.10 Å². The summed E-state index contributed by atoms with van der Waals surface area (Å²) in [5, 5.41) is 10.7. The molecule has 0 saturated heterocycles. The quantitative estimate of drug-likeness (QED) is 0.280. The highest BCUT2D eigenvalue weighted by Crippen LogP contribution is 2.06. The SMILES string of the molecule is CN=C(NCCCOC)NCc1cccc(Cn2cncn2)c1.I. The Labute approximate surface area is 159 Å². The Balaban J connectivity index is 0.00000288. The van der Waals surface area contributed by atoms with Crippen LogP contribution in [0.2, 0.25) is 0 Å². The Bertz CT molecular complexity index is 602. The number of benzene rings is 1. The lowest BCUT2D eigenvalue weighted by Crippen LogP contribution is -2.37. The van der Waals surface area contributed by atoms with E-state index in [0.29, 0.717) is 0 Å². The van der Waals surface area contributed by atoms with Crippen molar-refractivity contribution >= 4 is 29.9 Å². The van der Waals surface area contributed by atoms with Crippen molar-refractivity contribution in [2.45, 2.75) is 19.5 Å². The first-order valence-electron chi connectivity index (χ1n) is 7.65. The maximum absolute atomic E-state index is 5.03. The molecule has 1 aromatic carbocycles. The molecule has 0 atom stereocenters. The fourth-order valence-corrected chi connectivity index (χ4v) is 2.17. The molecule has 0 aliphatic heterocycles. The molecular weight excluding hydrogens is 419 g/mol. The first-order chi connectivity index (χ1) is 11.3. The third-order valence-electron chi connectivity index (χ3n) is 3.30. The summed E-state index contributed by atoms with van der Waals surface area (Å²) in [7, 11) is 3.48. The second-order valence-electron chi connectivity index (χ2n) is 5.11. The number of nitrogens with zero attached hydrogens (tertiary/aromatic N) is 4. The van der Waals surface area contributed by atoms with E-state index in [4.69, 9.17) is 4.74 Å². The van der Waals surface area contributed by atoms with Crippen molar-refractivity contribution in [3.8, 4) is 0 Å². The van der Waals surface area contributed by atoms with Gasteiger partial charge in [0.2, 0.25) is 0 Å². The fraction of sp³-hybridized carbons (Fsp3) is 0.438. The average molecular weight is 444 g/mol. The molecule has 0 saturated carbocycles. The molecule has 0 aliphatic carbocycles. The molecule has 7 nitrogen and oxygen atoms in total. The molecular formula is C16H25IN6O. The summed E-state index contributed by atoms with van der Waals surface area (Å²) >= 11 is 0. The van der Waals surface area contributed by atoms with Crippen molar-refractivity contribution < 1.29 is 4.74 Å². The second-order valence-corrected chi connectivity index (χ2v) is 5.11. The van der Waals surface area contributed by atoms with E-state index in [2.05, 4.69) is 50.0 Å². The van der Waals surface area contributed by atoms with E-state index in [1.165, 1.54) is 11.1 Å². The van der Waals surface area contributed by atoms with Crippen LogP contribution in [0, 0.1) is 0 Å². The van der Waals surface area contributed by atoms with Gasteiger partial charge in [-0.25, -0.2) is 9.67 Å². The van der Waals surface area contributed by atoms with Crippen molar-refractivity contribution in [3.63, 3.8) is 0 Å². The molecule has 0 fully saturated rings. The van der Waals surface area contributed by atoms with Crippen molar-refractivity contribution in [2.75, 3.05) is 27.3 Å². The molecule has 8 heteroatoms. The van der Waals surface area contributed by atoms with E-state index in [9.17, 15) is 0 Å². The molecule has 0 unspecified atom stereocenters. The lowest BCUT2D eigenvalue weighted by atomic mass is 10.1. The predicted molar refractivity (Wildman–Crippen MR) is 106 cm³/mol. The summed E-state index contributed by atoms with van der Waals surface area (Å²) in [6.45, 7) is 3.02. The van der Waals surface area contributed by atoms with Crippen LogP contribution in [0.25, 0.3) is 0 Å². The van der Waals surface area contributed by atoms with Gasteiger partial charge in [-0.1, -0.05) is 24.3 Å². The molecule has 2 N–H and O–H groups in total. The molecule has 0 radical (unpaired) electrons. The summed E-state index contributed by atoms with van der Waals surface area (Å²) < 4.78 is 6.84. The van der Waals surface area contributed by atoms with Gasteiger partial charge in [-0.3, -0.25) is 4.99 Å². The smallest absolute Gasteiger partial charge is 0.191 e. The second kappa shape index (κ2) is 11.8. The number of aliphatic imine (C=N–C) groups is 1. The summed E-state index contributed by atoms with van der Waals surface area (Å²) in [4.78, 5) is 8.17. The van der Waals surface area contributed by atoms with Crippen LogP contribution in [0.3, 0.4) is 0 Å². The van der Waals surface area contributed by atoms with Crippen LogP contribution in [-0.2, 0) is 17.8 Å². The van der Waals surface area contributed by atoms with Gasteiger partial charge in [-0.05, 0) is 17.5 Å². The van der Waals surface area contributed by atoms with Crippen molar-refractivity contribution in [3.05, 3.63) is 48.0 Å². The summed E-state index contributed by atoms with van der Waals surface area (Å²) in [6, 6.07) is 8.39. The van der Waals surface area contributed by atoms with Crippen LogP contribution >= 0.6 is 24.0 Å². The summed E-state index contributed by atoms with van der Waals surface area (Å²) in [5.41, 5.74) is 2.39. The topological polar surface area (TPSA) is 76.4 Å². The lowest BCUT2D eigenvalue weighted by Gasteiger charge is -2.12. The van der Waals surface area contributed by atoms with Gasteiger partial charge in [-0.15, -0.1) is 24.0 Å². The summed E-state index contributed by atoms with van der Waals surface area (Å²) in [5.74, 6) is 0.794. The van der Waals surface area contributed by atoms with E-state index in [1.807, 2.05) is 4.68 Å². The van der Waals surface area contributed by atoms with Gasteiger partial charge in [0, 0.05) is 33.9 Å². The van der Waals surface area contributed by atoms with E-state index in [-0.39, 0.29) is 24.0 Å². The monoisotopic (exact) mass is 444 g/mol. The normalized spacial score (nSPS) is 11.0. The molecule has 2 aromatic rings. The lowest BCUT2D eigenvalue weighted by molar-refractivity contribution is 0.195. The minimum atomic E-state index is 0. The zero-order valence-corrected chi connectivity index (χ0v) is 16.4. The maximum atomic E-state index is 5.03. The van der Waals surface area contributed by atoms with Crippen LogP contribution in [-0.4, -0.2) is 48.0 Å². The Kier molecular flexibility index (Phi) is 10.0. The molecule has 24 heavy (non-hydrogen) atoms. The summed E-state index contributed by atoms with van der Waals surface area (Å²) in [6.07, 6.45) is 4.21. The molecule has 1 heterocycles. The van der Waals surface area contributed by atoms with Crippen LogP contribution < -0.4 is 10.6 Å². The van der Waals surface area contributed by atoms with E-state index in [0.717, 1.165) is 38.6 Å². The third kappa shape index (κ3) is 7.26. The van der Waals surface area contributed by atoms with Gasteiger partial charge >= 0.3 is 0 Å². The Morgan fingerprint density at radius 2 is 2.12 bits per heavy atom. The fourth-order valence-electron chi connectivity index (χ4n) is 2.17. The molecule has 1 aromatic heterocycles. The predicted octanol–water partition coefficient (Wildman–Crippen LogP) is 1.65. The largest absolute Gasteiger partial charge is 0.385 e. The molecule has 0 spiro atoms. The highest BCUT2D eigenvalue weighted by atomic mass is 127. The number of guanidine groups is 1. The van der Waals surface area contributed by atoms with Gasteiger partial charge in [0.25, 0.3) is 0 Å². The van der Waals surface area contributed by atoms with Gasteiger partial charge in [0.1, 0.15) is 12.7 Å². The first-order valence-corrected chi connectivity index (χ1v) is 7.65. The van der Waals surface area contributed by atoms with Crippen molar-refractivity contribution in [1.82, 2.24) is 25.4 Å². The number of hydrogen-bond donors (Lipinski definition) is 2. The number of aromatic nitrogens is 3. The number of rotatable bonds is 8.